The molecule has 2 aromatic heterocycles. The van der Waals surface area contributed by atoms with Crippen molar-refractivity contribution in [1.29, 1.82) is 0 Å². The number of hydrogen-bond donors (Lipinski definition) is 0. The van der Waals surface area contributed by atoms with Crippen LogP contribution in [0.15, 0.2) is 30.9 Å². The number of imidazole rings is 1. The molecule has 0 aromatic carbocycles. The maximum Gasteiger partial charge on any atom is 0.147 e. The Morgan fingerprint density at radius 1 is 1.13 bits per heavy atom. The van der Waals surface area contributed by atoms with E-state index in [1.165, 1.54) is 0 Å². The third kappa shape index (κ3) is 2.40. The zero-order chi connectivity index (χ0) is 10.5. The summed E-state index contributed by atoms with van der Waals surface area (Å²) >= 11 is 0. The van der Waals surface area contributed by atoms with Crippen LogP contribution in [0.2, 0.25) is 0 Å². The second-order valence-electron chi connectivity index (χ2n) is 3.39. The normalized spacial score (nSPS) is 10.5. The maximum absolute atomic E-state index is 4.31. The summed E-state index contributed by atoms with van der Waals surface area (Å²) in [6, 6.07) is 1.82. The van der Waals surface area contributed by atoms with Gasteiger partial charge in [0.25, 0.3) is 0 Å². The van der Waals surface area contributed by atoms with Crippen molar-refractivity contribution in [2.75, 3.05) is 0 Å². The van der Waals surface area contributed by atoms with Gasteiger partial charge >= 0.3 is 0 Å². The highest BCUT2D eigenvalue weighted by molar-refractivity contribution is 4.97. The number of hydrogen-bond acceptors (Lipinski definition) is 3. The van der Waals surface area contributed by atoms with E-state index in [-0.39, 0.29) is 0 Å². The Hall–Kier alpha value is -1.71. The van der Waals surface area contributed by atoms with Crippen LogP contribution >= 0.6 is 0 Å². The van der Waals surface area contributed by atoms with Gasteiger partial charge in [-0.15, -0.1) is 0 Å². The maximum atomic E-state index is 4.31. The number of rotatable bonds is 4. The van der Waals surface area contributed by atoms with Gasteiger partial charge in [-0.2, -0.15) is 0 Å². The Morgan fingerprint density at radius 2 is 1.93 bits per heavy atom. The molecule has 4 nitrogen and oxygen atoms in total. The van der Waals surface area contributed by atoms with Gasteiger partial charge in [0.2, 0.25) is 0 Å². The first kappa shape index (κ1) is 9.83. The van der Waals surface area contributed by atoms with E-state index in [1.807, 2.05) is 18.5 Å². The van der Waals surface area contributed by atoms with Gasteiger partial charge in [0.1, 0.15) is 11.6 Å². The van der Waals surface area contributed by atoms with E-state index in [2.05, 4.69) is 26.4 Å². The minimum Gasteiger partial charge on any atom is -0.327 e. The Kier molecular flexibility index (Phi) is 3.07. The molecule has 0 unspecified atom stereocenters. The van der Waals surface area contributed by atoms with Crippen molar-refractivity contribution in [2.24, 2.45) is 0 Å². The summed E-state index contributed by atoms with van der Waals surface area (Å²) in [6.45, 7) is 2.86. The molecule has 0 amide bonds. The monoisotopic (exact) mass is 202 g/mol. The molecule has 0 saturated heterocycles. The topological polar surface area (TPSA) is 43.6 Å². The smallest absolute Gasteiger partial charge is 0.147 e. The van der Waals surface area contributed by atoms with Crippen molar-refractivity contribution in [3.63, 3.8) is 0 Å². The van der Waals surface area contributed by atoms with Crippen LogP contribution in [-0.2, 0) is 13.0 Å². The number of nitrogens with zero attached hydrogens (tertiary/aromatic N) is 4. The van der Waals surface area contributed by atoms with Gasteiger partial charge in [0.05, 0.1) is 6.54 Å². The lowest BCUT2D eigenvalue weighted by atomic mass is 10.3. The third-order valence-electron chi connectivity index (χ3n) is 2.21. The summed E-state index contributed by atoms with van der Waals surface area (Å²) in [5.41, 5.74) is 0. The lowest BCUT2D eigenvalue weighted by Gasteiger charge is -2.05. The average Bonchev–Trinajstić information content (AvgIpc) is 2.68. The van der Waals surface area contributed by atoms with Crippen LogP contribution in [-0.4, -0.2) is 19.5 Å². The van der Waals surface area contributed by atoms with Crippen molar-refractivity contribution in [1.82, 2.24) is 19.5 Å². The van der Waals surface area contributed by atoms with E-state index in [0.717, 1.165) is 24.5 Å². The highest BCUT2D eigenvalue weighted by atomic mass is 15.1. The predicted molar refractivity (Wildman–Crippen MR) is 57.4 cm³/mol. The van der Waals surface area contributed by atoms with E-state index in [1.54, 1.807) is 12.4 Å². The van der Waals surface area contributed by atoms with Gasteiger partial charge in [-0.05, 0) is 12.5 Å². The lowest BCUT2D eigenvalue weighted by molar-refractivity contribution is 0.677. The van der Waals surface area contributed by atoms with E-state index in [9.17, 15) is 0 Å². The Labute approximate surface area is 89.0 Å². The molecule has 78 valence electrons. The van der Waals surface area contributed by atoms with Crippen molar-refractivity contribution in [3.8, 4) is 0 Å². The second-order valence-corrected chi connectivity index (χ2v) is 3.39. The molecule has 0 radical (unpaired) electrons. The Bertz CT molecular complexity index is 408. The van der Waals surface area contributed by atoms with Gasteiger partial charge in [-0.3, -0.25) is 0 Å². The molecule has 2 rings (SSSR count). The molecule has 15 heavy (non-hydrogen) atoms. The molecule has 0 aliphatic rings. The van der Waals surface area contributed by atoms with Gasteiger partial charge in [-0.25, -0.2) is 15.0 Å². The van der Waals surface area contributed by atoms with Crippen molar-refractivity contribution >= 4 is 0 Å². The van der Waals surface area contributed by atoms with E-state index >= 15 is 0 Å². The molecule has 0 N–H and O–H groups in total. The zero-order valence-electron chi connectivity index (χ0n) is 8.80. The average molecular weight is 202 g/mol. The van der Waals surface area contributed by atoms with Crippen LogP contribution in [0, 0.1) is 0 Å². The molecule has 0 aliphatic carbocycles. The standard InChI is InChI=1S/C11H14N4/c1-2-4-11-14-7-8-15(11)9-10-12-5-3-6-13-10/h3,5-8H,2,4,9H2,1H3. The SMILES string of the molecule is CCCc1nccn1Cc1ncccn1. The first-order chi connectivity index (χ1) is 7.40. The molecule has 0 fully saturated rings. The number of aryl methyl sites for hydroxylation is 1. The fourth-order valence-corrected chi connectivity index (χ4v) is 1.50. The van der Waals surface area contributed by atoms with Gasteiger partial charge in [0, 0.05) is 31.2 Å². The molecule has 0 atom stereocenters. The van der Waals surface area contributed by atoms with Crippen molar-refractivity contribution < 1.29 is 0 Å². The van der Waals surface area contributed by atoms with Crippen LogP contribution in [0.25, 0.3) is 0 Å². The van der Waals surface area contributed by atoms with Crippen molar-refractivity contribution in [2.45, 2.75) is 26.3 Å². The van der Waals surface area contributed by atoms with Crippen molar-refractivity contribution in [3.05, 3.63) is 42.5 Å². The fourth-order valence-electron chi connectivity index (χ4n) is 1.50. The molecular weight excluding hydrogens is 188 g/mol. The largest absolute Gasteiger partial charge is 0.327 e. The molecule has 0 bridgehead atoms. The zero-order valence-corrected chi connectivity index (χ0v) is 8.80. The van der Waals surface area contributed by atoms with Crippen LogP contribution in [0.1, 0.15) is 25.0 Å². The van der Waals surface area contributed by atoms with Gasteiger partial charge in [0.15, 0.2) is 0 Å². The molecular formula is C11H14N4. The summed E-state index contributed by atoms with van der Waals surface area (Å²) in [7, 11) is 0. The molecule has 0 spiro atoms. The van der Waals surface area contributed by atoms with E-state index in [0.29, 0.717) is 6.54 Å². The molecule has 0 aliphatic heterocycles. The summed E-state index contributed by atoms with van der Waals surface area (Å²) < 4.78 is 2.10. The Balaban J connectivity index is 2.14. The second kappa shape index (κ2) is 4.68. The quantitative estimate of drug-likeness (QED) is 0.757. The minimum atomic E-state index is 0.705. The summed E-state index contributed by atoms with van der Waals surface area (Å²) in [4.78, 5) is 12.7. The van der Waals surface area contributed by atoms with Crippen LogP contribution in [0.4, 0.5) is 0 Å². The molecule has 2 aromatic rings. The van der Waals surface area contributed by atoms with Crippen LogP contribution < -0.4 is 0 Å². The molecule has 0 saturated carbocycles. The fraction of sp³-hybridized carbons (Fsp3) is 0.364. The first-order valence-corrected chi connectivity index (χ1v) is 5.16. The third-order valence-corrected chi connectivity index (χ3v) is 2.21. The van der Waals surface area contributed by atoms with E-state index in [4.69, 9.17) is 0 Å². The van der Waals surface area contributed by atoms with Gasteiger partial charge in [-0.1, -0.05) is 6.92 Å². The highest BCUT2D eigenvalue weighted by Crippen LogP contribution is 2.03. The molecule has 4 heteroatoms. The first-order valence-electron chi connectivity index (χ1n) is 5.16. The van der Waals surface area contributed by atoms with E-state index < -0.39 is 0 Å². The van der Waals surface area contributed by atoms with Crippen LogP contribution in [0.3, 0.4) is 0 Å². The molecule has 2 heterocycles. The summed E-state index contributed by atoms with van der Waals surface area (Å²) in [5.74, 6) is 1.93. The van der Waals surface area contributed by atoms with Crippen LogP contribution in [0.5, 0.6) is 0 Å². The summed E-state index contributed by atoms with van der Waals surface area (Å²) in [6.07, 6.45) is 9.43. The lowest BCUT2D eigenvalue weighted by Crippen LogP contribution is -2.06. The Morgan fingerprint density at radius 3 is 2.67 bits per heavy atom. The summed E-state index contributed by atoms with van der Waals surface area (Å²) in [5, 5.41) is 0. The van der Waals surface area contributed by atoms with Gasteiger partial charge < -0.3 is 4.57 Å². The highest BCUT2D eigenvalue weighted by Gasteiger charge is 2.03. The predicted octanol–water partition coefficient (Wildman–Crippen LogP) is 1.67. The minimum absolute atomic E-state index is 0.705. The number of aromatic nitrogens is 4.